The summed E-state index contributed by atoms with van der Waals surface area (Å²) in [4.78, 5) is 14.8. The Morgan fingerprint density at radius 2 is 1.93 bits per heavy atom. The van der Waals surface area contributed by atoms with Gasteiger partial charge in [0.1, 0.15) is 0 Å². The van der Waals surface area contributed by atoms with E-state index in [9.17, 15) is 18.0 Å². The average molecular weight is 411 g/mol. The fourth-order valence-electron chi connectivity index (χ4n) is 3.47. The maximum atomic E-state index is 12.9. The molecule has 1 amide bonds. The topological polar surface area (TPSA) is 32.3 Å². The SMILES string of the molecule is C[C@H]1CCCN(Cc2ccc(C(=O)Nc3ccc(Cl)c(C(F)(F)F)c3)cc2)C1. The number of nitrogens with zero attached hydrogens (tertiary/aromatic N) is 1. The van der Waals surface area contributed by atoms with Crippen molar-refractivity contribution in [3.8, 4) is 0 Å². The Morgan fingerprint density at radius 3 is 2.57 bits per heavy atom. The van der Waals surface area contributed by atoms with Gasteiger partial charge in [-0.2, -0.15) is 13.2 Å². The normalized spacial score (nSPS) is 18.1. The third kappa shape index (κ3) is 5.26. The summed E-state index contributed by atoms with van der Waals surface area (Å²) in [5.41, 5.74) is 0.571. The molecule has 0 bridgehead atoms. The van der Waals surface area contributed by atoms with Gasteiger partial charge in [-0.3, -0.25) is 9.69 Å². The van der Waals surface area contributed by atoms with E-state index in [1.54, 1.807) is 12.1 Å². The van der Waals surface area contributed by atoms with E-state index >= 15 is 0 Å². The Hall–Kier alpha value is -2.05. The van der Waals surface area contributed by atoms with Crippen LogP contribution in [0.1, 0.15) is 41.3 Å². The third-order valence-corrected chi connectivity index (χ3v) is 5.22. The molecule has 1 aliphatic rings. The molecular formula is C21H22ClF3N2O. The van der Waals surface area contributed by atoms with Crippen molar-refractivity contribution in [1.29, 1.82) is 0 Å². The van der Waals surface area contributed by atoms with Gasteiger partial charge >= 0.3 is 6.18 Å². The van der Waals surface area contributed by atoms with E-state index in [1.807, 2.05) is 12.1 Å². The van der Waals surface area contributed by atoms with Gasteiger partial charge in [-0.05, 0) is 61.2 Å². The summed E-state index contributed by atoms with van der Waals surface area (Å²) < 4.78 is 38.8. The second-order valence-electron chi connectivity index (χ2n) is 7.33. The largest absolute Gasteiger partial charge is 0.417 e. The number of halogens is 4. The van der Waals surface area contributed by atoms with Crippen LogP contribution in [0.3, 0.4) is 0 Å². The van der Waals surface area contributed by atoms with E-state index in [4.69, 9.17) is 11.6 Å². The fourth-order valence-corrected chi connectivity index (χ4v) is 3.70. The predicted molar refractivity (Wildman–Crippen MR) is 105 cm³/mol. The van der Waals surface area contributed by atoms with E-state index in [2.05, 4.69) is 17.1 Å². The first kappa shape index (κ1) is 20.7. The number of anilines is 1. The Morgan fingerprint density at radius 1 is 1.21 bits per heavy atom. The molecule has 3 nitrogen and oxygen atoms in total. The van der Waals surface area contributed by atoms with Crippen LogP contribution in [0.25, 0.3) is 0 Å². The summed E-state index contributed by atoms with van der Waals surface area (Å²) in [5, 5.41) is 2.10. The highest BCUT2D eigenvalue weighted by Crippen LogP contribution is 2.36. The summed E-state index contributed by atoms with van der Waals surface area (Å²) in [6, 6.07) is 10.5. The first-order valence-electron chi connectivity index (χ1n) is 9.22. The second kappa shape index (κ2) is 8.53. The zero-order valence-electron chi connectivity index (χ0n) is 15.5. The van der Waals surface area contributed by atoms with E-state index < -0.39 is 22.7 Å². The van der Waals surface area contributed by atoms with Crippen LogP contribution in [-0.4, -0.2) is 23.9 Å². The van der Waals surface area contributed by atoms with E-state index in [-0.39, 0.29) is 5.69 Å². The van der Waals surface area contributed by atoms with Crippen LogP contribution in [0, 0.1) is 5.92 Å². The lowest BCUT2D eigenvalue weighted by atomic mass is 9.99. The van der Waals surface area contributed by atoms with Crippen molar-refractivity contribution in [2.45, 2.75) is 32.5 Å². The zero-order valence-corrected chi connectivity index (χ0v) is 16.3. The van der Waals surface area contributed by atoms with Crippen LogP contribution < -0.4 is 5.32 Å². The number of alkyl halides is 3. The van der Waals surface area contributed by atoms with Gasteiger partial charge in [-0.1, -0.05) is 30.7 Å². The lowest BCUT2D eigenvalue weighted by Crippen LogP contribution is -2.33. The smallest absolute Gasteiger partial charge is 0.322 e. The molecule has 1 fully saturated rings. The minimum atomic E-state index is -4.58. The molecule has 28 heavy (non-hydrogen) atoms. The van der Waals surface area contributed by atoms with Crippen molar-refractivity contribution in [3.63, 3.8) is 0 Å². The Labute approximate surface area is 167 Å². The van der Waals surface area contributed by atoms with Crippen molar-refractivity contribution >= 4 is 23.2 Å². The summed E-state index contributed by atoms with van der Waals surface area (Å²) in [6.45, 7) is 5.23. The third-order valence-electron chi connectivity index (χ3n) is 4.89. The average Bonchev–Trinajstić information content (AvgIpc) is 2.63. The highest BCUT2D eigenvalue weighted by molar-refractivity contribution is 6.31. The van der Waals surface area contributed by atoms with Gasteiger partial charge in [0.2, 0.25) is 0 Å². The summed E-state index contributed by atoms with van der Waals surface area (Å²) in [7, 11) is 0. The van der Waals surface area contributed by atoms with Gasteiger partial charge in [0.25, 0.3) is 5.91 Å². The van der Waals surface area contributed by atoms with Crippen molar-refractivity contribution in [2.24, 2.45) is 5.92 Å². The van der Waals surface area contributed by atoms with Crippen LogP contribution in [0.4, 0.5) is 18.9 Å². The second-order valence-corrected chi connectivity index (χ2v) is 7.73. The number of nitrogens with one attached hydrogen (secondary N) is 1. The zero-order chi connectivity index (χ0) is 20.3. The molecule has 1 saturated heterocycles. The van der Waals surface area contributed by atoms with Gasteiger partial charge < -0.3 is 5.32 Å². The molecule has 0 radical (unpaired) electrons. The standard InChI is InChI=1S/C21H22ClF3N2O/c1-14-3-2-10-27(12-14)13-15-4-6-16(7-5-15)20(28)26-17-8-9-19(22)18(11-17)21(23,24)25/h4-9,11,14H,2-3,10,12-13H2,1H3,(H,26,28)/t14-/m0/s1. The number of amides is 1. The summed E-state index contributed by atoms with van der Waals surface area (Å²) in [5.74, 6) is 0.230. The van der Waals surface area contributed by atoms with Crippen LogP contribution in [0.2, 0.25) is 5.02 Å². The van der Waals surface area contributed by atoms with Gasteiger partial charge in [0.05, 0.1) is 10.6 Å². The molecule has 0 unspecified atom stereocenters. The highest BCUT2D eigenvalue weighted by Gasteiger charge is 2.33. The van der Waals surface area contributed by atoms with Crippen LogP contribution in [0.15, 0.2) is 42.5 Å². The molecule has 1 N–H and O–H groups in total. The van der Waals surface area contributed by atoms with Crippen LogP contribution >= 0.6 is 11.6 Å². The molecule has 3 rings (SSSR count). The molecule has 7 heteroatoms. The summed E-state index contributed by atoms with van der Waals surface area (Å²) >= 11 is 5.60. The fraction of sp³-hybridized carbons (Fsp3) is 0.381. The lowest BCUT2D eigenvalue weighted by Gasteiger charge is -2.30. The van der Waals surface area contributed by atoms with Gasteiger partial charge in [0, 0.05) is 24.3 Å². The monoisotopic (exact) mass is 410 g/mol. The number of hydrogen-bond donors (Lipinski definition) is 1. The van der Waals surface area contributed by atoms with Gasteiger partial charge in [-0.15, -0.1) is 0 Å². The number of likely N-dealkylation sites (tertiary alicyclic amines) is 1. The Balaban J connectivity index is 1.65. The molecule has 1 heterocycles. The minimum Gasteiger partial charge on any atom is -0.322 e. The van der Waals surface area contributed by atoms with E-state index in [1.165, 1.54) is 18.9 Å². The van der Waals surface area contributed by atoms with E-state index in [0.717, 1.165) is 37.3 Å². The number of carbonyl (C=O) groups is 1. The van der Waals surface area contributed by atoms with Crippen LogP contribution in [0.5, 0.6) is 0 Å². The van der Waals surface area contributed by atoms with Crippen molar-refractivity contribution in [3.05, 3.63) is 64.2 Å². The Bertz CT molecular complexity index is 837. The number of benzene rings is 2. The molecule has 2 aromatic carbocycles. The number of rotatable bonds is 4. The molecule has 1 atom stereocenters. The maximum absolute atomic E-state index is 12.9. The molecule has 1 aliphatic heterocycles. The predicted octanol–water partition coefficient (Wildman–Crippen LogP) is 5.84. The summed E-state index contributed by atoms with van der Waals surface area (Å²) in [6.07, 6.45) is -2.12. The molecular weight excluding hydrogens is 389 g/mol. The lowest BCUT2D eigenvalue weighted by molar-refractivity contribution is -0.137. The van der Waals surface area contributed by atoms with Crippen molar-refractivity contribution in [1.82, 2.24) is 4.90 Å². The number of carbonyl (C=O) groups excluding carboxylic acids is 1. The molecule has 0 saturated carbocycles. The number of hydrogen-bond acceptors (Lipinski definition) is 2. The Kier molecular flexibility index (Phi) is 6.30. The van der Waals surface area contributed by atoms with E-state index in [0.29, 0.717) is 11.5 Å². The molecule has 150 valence electrons. The quantitative estimate of drug-likeness (QED) is 0.686. The van der Waals surface area contributed by atoms with Crippen LogP contribution in [-0.2, 0) is 12.7 Å². The minimum absolute atomic E-state index is 0.0492. The molecule has 0 aliphatic carbocycles. The maximum Gasteiger partial charge on any atom is 0.417 e. The molecule has 2 aromatic rings. The van der Waals surface area contributed by atoms with Gasteiger partial charge in [-0.25, -0.2) is 0 Å². The van der Waals surface area contributed by atoms with Crippen molar-refractivity contribution in [2.75, 3.05) is 18.4 Å². The molecule has 0 aromatic heterocycles. The van der Waals surface area contributed by atoms with Crippen molar-refractivity contribution < 1.29 is 18.0 Å². The van der Waals surface area contributed by atoms with Gasteiger partial charge in [0.15, 0.2) is 0 Å². The first-order valence-corrected chi connectivity index (χ1v) is 9.59. The highest BCUT2D eigenvalue weighted by atomic mass is 35.5. The first-order chi connectivity index (χ1) is 13.2. The molecule has 0 spiro atoms. The number of piperidine rings is 1.